The van der Waals surface area contributed by atoms with E-state index in [0.717, 1.165) is 7.05 Å². The fourth-order valence-corrected chi connectivity index (χ4v) is 2.95. The van der Waals surface area contributed by atoms with E-state index in [1.807, 2.05) is 0 Å². The Labute approximate surface area is 180 Å². The molecule has 0 bridgehead atoms. The molecule has 0 N–H and O–H groups in total. The summed E-state index contributed by atoms with van der Waals surface area (Å²) in [5.41, 5.74) is -3.66. The maximum absolute atomic E-state index is 13.0. The van der Waals surface area contributed by atoms with Crippen LogP contribution in [0.4, 0.5) is 13.2 Å². The van der Waals surface area contributed by atoms with Crippen LogP contribution in [0.15, 0.2) is 56.7 Å². The average Bonchev–Trinajstić information content (AvgIpc) is 2.71. The zero-order valence-electron chi connectivity index (χ0n) is 15.7. The van der Waals surface area contributed by atoms with Crippen LogP contribution in [0.5, 0.6) is 17.4 Å². The molecule has 12 heteroatoms. The average molecular weight is 500 g/mol. The Morgan fingerprint density at radius 2 is 1.90 bits per heavy atom. The standard InChI is InChI=1S/C19H13BrF3N3O5/c1-25-15(19(21,22)23)10-17(28)26(18(25)29)11-2-3-13(20)14(8-11)31-12-4-5-24-16(9-12)30-7-6-27/h2-6,8-10H,7H2,1H3. The molecule has 0 aliphatic heterocycles. The predicted octanol–water partition coefficient (Wildman–Crippen LogP) is 3.08. The number of ether oxygens (including phenoxy) is 2. The summed E-state index contributed by atoms with van der Waals surface area (Å²) < 4.78 is 51.3. The second kappa shape index (κ2) is 8.76. The Bertz CT molecular complexity index is 1250. The highest BCUT2D eigenvalue weighted by Crippen LogP contribution is 2.32. The van der Waals surface area contributed by atoms with Gasteiger partial charge in [0.05, 0.1) is 10.2 Å². The summed E-state index contributed by atoms with van der Waals surface area (Å²) >= 11 is 3.27. The van der Waals surface area contributed by atoms with Gasteiger partial charge >= 0.3 is 11.9 Å². The number of hydrogen-bond donors (Lipinski definition) is 0. The van der Waals surface area contributed by atoms with Crippen molar-refractivity contribution in [1.29, 1.82) is 0 Å². The molecule has 1 aromatic carbocycles. The van der Waals surface area contributed by atoms with Crippen molar-refractivity contribution in [2.45, 2.75) is 6.18 Å². The minimum Gasteiger partial charge on any atom is -0.470 e. The van der Waals surface area contributed by atoms with Crippen LogP contribution in [-0.4, -0.2) is 27.0 Å². The molecule has 0 unspecified atom stereocenters. The number of carbonyl (C=O) groups excluding carboxylic acids is 1. The van der Waals surface area contributed by atoms with E-state index in [1.165, 1.54) is 36.5 Å². The van der Waals surface area contributed by atoms with E-state index >= 15 is 0 Å². The van der Waals surface area contributed by atoms with E-state index in [1.54, 1.807) is 0 Å². The van der Waals surface area contributed by atoms with Crippen molar-refractivity contribution < 1.29 is 27.4 Å². The number of nitrogens with zero attached hydrogens (tertiary/aromatic N) is 3. The number of pyridine rings is 1. The zero-order valence-corrected chi connectivity index (χ0v) is 17.3. The van der Waals surface area contributed by atoms with Crippen LogP contribution < -0.4 is 20.7 Å². The molecule has 0 saturated carbocycles. The normalized spacial score (nSPS) is 11.3. The second-order valence-electron chi connectivity index (χ2n) is 6.07. The first-order valence-electron chi connectivity index (χ1n) is 8.52. The topological polar surface area (TPSA) is 92.4 Å². The van der Waals surface area contributed by atoms with E-state index < -0.39 is 23.1 Å². The molecule has 2 heterocycles. The predicted molar refractivity (Wildman–Crippen MR) is 106 cm³/mol. The van der Waals surface area contributed by atoms with Gasteiger partial charge in [-0.25, -0.2) is 14.3 Å². The third kappa shape index (κ3) is 4.85. The van der Waals surface area contributed by atoms with Gasteiger partial charge in [-0.05, 0) is 34.1 Å². The molecule has 0 radical (unpaired) electrons. The van der Waals surface area contributed by atoms with Gasteiger partial charge in [-0.1, -0.05) is 0 Å². The molecule has 0 saturated heterocycles. The lowest BCUT2D eigenvalue weighted by Gasteiger charge is -2.15. The first kappa shape index (κ1) is 22.3. The van der Waals surface area contributed by atoms with Gasteiger partial charge in [0.2, 0.25) is 5.88 Å². The van der Waals surface area contributed by atoms with E-state index in [-0.39, 0.29) is 29.7 Å². The number of aromatic nitrogens is 3. The van der Waals surface area contributed by atoms with Crippen molar-refractivity contribution in [3.05, 3.63) is 73.6 Å². The Hall–Kier alpha value is -3.41. The minimum absolute atomic E-state index is 0.00371. The summed E-state index contributed by atoms with van der Waals surface area (Å²) in [6.45, 7) is -0.199. The molecule has 0 aliphatic carbocycles. The second-order valence-corrected chi connectivity index (χ2v) is 6.92. The molecule has 31 heavy (non-hydrogen) atoms. The van der Waals surface area contributed by atoms with Crippen molar-refractivity contribution in [2.24, 2.45) is 7.05 Å². The van der Waals surface area contributed by atoms with E-state index in [9.17, 15) is 27.6 Å². The van der Waals surface area contributed by atoms with Crippen LogP contribution in [0.3, 0.4) is 0 Å². The van der Waals surface area contributed by atoms with Crippen molar-refractivity contribution in [3.8, 4) is 23.1 Å². The lowest BCUT2D eigenvalue weighted by molar-refractivity contribution is -0.144. The third-order valence-electron chi connectivity index (χ3n) is 4.02. The molecule has 0 amide bonds. The van der Waals surface area contributed by atoms with Crippen LogP contribution in [0.25, 0.3) is 5.69 Å². The number of halogens is 4. The fraction of sp³-hybridized carbons (Fsp3) is 0.158. The van der Waals surface area contributed by atoms with Crippen LogP contribution in [-0.2, 0) is 18.0 Å². The van der Waals surface area contributed by atoms with Crippen molar-refractivity contribution >= 4 is 22.2 Å². The Morgan fingerprint density at radius 1 is 1.16 bits per heavy atom. The summed E-state index contributed by atoms with van der Waals surface area (Å²) in [7, 11) is 0.926. The summed E-state index contributed by atoms with van der Waals surface area (Å²) in [6.07, 6.45) is -2.92. The summed E-state index contributed by atoms with van der Waals surface area (Å²) in [6, 6.07) is 7.41. The highest BCUT2D eigenvalue weighted by Gasteiger charge is 2.35. The number of carbonyl (C=O) groups is 1. The van der Waals surface area contributed by atoms with Crippen LogP contribution in [0, 0.1) is 0 Å². The monoisotopic (exact) mass is 499 g/mol. The fourth-order valence-electron chi connectivity index (χ4n) is 2.62. The molecule has 0 aliphatic rings. The van der Waals surface area contributed by atoms with Gasteiger partial charge in [-0.2, -0.15) is 13.2 Å². The van der Waals surface area contributed by atoms with Gasteiger partial charge in [-0.15, -0.1) is 0 Å². The highest BCUT2D eigenvalue weighted by atomic mass is 79.9. The minimum atomic E-state index is -4.86. The molecule has 8 nitrogen and oxygen atoms in total. The summed E-state index contributed by atoms with van der Waals surface area (Å²) in [5, 5.41) is 0. The first-order chi connectivity index (χ1) is 14.6. The van der Waals surface area contributed by atoms with Gasteiger partial charge in [-0.3, -0.25) is 14.2 Å². The van der Waals surface area contributed by atoms with Crippen molar-refractivity contribution in [3.63, 3.8) is 0 Å². The Morgan fingerprint density at radius 3 is 2.58 bits per heavy atom. The molecular weight excluding hydrogens is 487 g/mol. The maximum atomic E-state index is 13.0. The molecule has 0 spiro atoms. The first-order valence-corrected chi connectivity index (χ1v) is 9.31. The Kier molecular flexibility index (Phi) is 6.29. The Balaban J connectivity index is 2.03. The molecule has 3 rings (SSSR count). The van der Waals surface area contributed by atoms with Crippen molar-refractivity contribution in [1.82, 2.24) is 14.1 Å². The van der Waals surface area contributed by atoms with Gasteiger partial charge in [0, 0.05) is 31.4 Å². The third-order valence-corrected chi connectivity index (χ3v) is 4.67. The zero-order chi connectivity index (χ0) is 22.8. The van der Waals surface area contributed by atoms with Gasteiger partial charge in [0.1, 0.15) is 23.8 Å². The number of aldehydes is 1. The lowest BCUT2D eigenvalue weighted by Crippen LogP contribution is -2.40. The SMILES string of the molecule is Cn1c(C(F)(F)F)cc(=O)n(-c2ccc(Br)c(Oc3ccnc(OCC=O)c3)c2)c1=O. The number of alkyl halides is 3. The molecule has 0 fully saturated rings. The van der Waals surface area contributed by atoms with Crippen molar-refractivity contribution in [2.75, 3.05) is 6.61 Å². The van der Waals surface area contributed by atoms with Gasteiger partial charge in [0.15, 0.2) is 6.29 Å². The molecule has 2 aromatic heterocycles. The summed E-state index contributed by atoms with van der Waals surface area (Å²) in [5.74, 6) is 0.560. The largest absolute Gasteiger partial charge is 0.470 e. The maximum Gasteiger partial charge on any atom is 0.431 e. The van der Waals surface area contributed by atoms with Gasteiger partial charge in [0.25, 0.3) is 5.56 Å². The lowest BCUT2D eigenvalue weighted by atomic mass is 10.3. The number of hydrogen-bond acceptors (Lipinski definition) is 6. The molecule has 0 atom stereocenters. The molecule has 162 valence electrons. The number of benzene rings is 1. The van der Waals surface area contributed by atoms with Crippen LogP contribution in [0.1, 0.15) is 5.69 Å². The highest BCUT2D eigenvalue weighted by molar-refractivity contribution is 9.10. The number of rotatable bonds is 6. The smallest absolute Gasteiger partial charge is 0.431 e. The molecule has 3 aromatic rings. The van der Waals surface area contributed by atoms with Crippen LogP contribution in [0.2, 0.25) is 0 Å². The van der Waals surface area contributed by atoms with E-state index in [4.69, 9.17) is 9.47 Å². The van der Waals surface area contributed by atoms with E-state index in [2.05, 4.69) is 20.9 Å². The van der Waals surface area contributed by atoms with Gasteiger partial charge < -0.3 is 9.47 Å². The van der Waals surface area contributed by atoms with E-state index in [0.29, 0.717) is 26.0 Å². The molecular formula is C19H13BrF3N3O5. The quantitative estimate of drug-likeness (QED) is 0.484. The van der Waals surface area contributed by atoms with Crippen LogP contribution >= 0.6 is 15.9 Å². The summed E-state index contributed by atoms with van der Waals surface area (Å²) in [4.78, 5) is 39.1.